The number of phenols is 2. The number of hydrogen-bond acceptors (Lipinski definition) is 6. The van der Waals surface area contributed by atoms with Gasteiger partial charge in [-0.15, -0.1) is 0 Å². The van der Waals surface area contributed by atoms with Crippen molar-refractivity contribution in [2.24, 2.45) is 0 Å². The zero-order chi connectivity index (χ0) is 18.8. The van der Waals surface area contributed by atoms with E-state index in [9.17, 15) is 19.8 Å². The Morgan fingerprint density at radius 3 is 2.15 bits per heavy atom. The van der Waals surface area contributed by atoms with E-state index in [1.807, 2.05) is 13.8 Å². The molecular formula is C20H21NO5. The summed E-state index contributed by atoms with van der Waals surface area (Å²) in [6.07, 6.45) is 1.50. The van der Waals surface area contributed by atoms with E-state index in [1.54, 1.807) is 18.2 Å². The molecule has 2 aromatic carbocycles. The quantitative estimate of drug-likeness (QED) is 0.520. The van der Waals surface area contributed by atoms with E-state index in [2.05, 4.69) is 0 Å². The summed E-state index contributed by atoms with van der Waals surface area (Å²) in [6.45, 7) is 4.79. The highest BCUT2D eigenvalue weighted by Crippen LogP contribution is 2.43. The van der Waals surface area contributed by atoms with Crippen LogP contribution < -0.4 is 5.06 Å². The summed E-state index contributed by atoms with van der Waals surface area (Å²) in [7, 11) is 0. The lowest BCUT2D eigenvalue weighted by atomic mass is 9.82. The predicted octanol–water partition coefficient (Wildman–Crippen LogP) is 3.43. The second-order valence-corrected chi connectivity index (χ2v) is 6.15. The molecule has 2 aromatic rings. The van der Waals surface area contributed by atoms with Gasteiger partial charge in [0.2, 0.25) is 0 Å². The summed E-state index contributed by atoms with van der Waals surface area (Å²) in [4.78, 5) is 31.3. The van der Waals surface area contributed by atoms with Crippen molar-refractivity contribution in [3.05, 3.63) is 52.6 Å². The van der Waals surface area contributed by atoms with Crippen LogP contribution in [0.25, 0.3) is 0 Å². The van der Waals surface area contributed by atoms with Crippen LogP contribution >= 0.6 is 0 Å². The van der Waals surface area contributed by atoms with E-state index in [0.717, 1.165) is 12.8 Å². The van der Waals surface area contributed by atoms with Gasteiger partial charge in [0.1, 0.15) is 11.4 Å². The molecule has 6 heteroatoms. The van der Waals surface area contributed by atoms with E-state index < -0.39 is 11.6 Å². The molecule has 1 aliphatic rings. The zero-order valence-electron chi connectivity index (χ0n) is 14.8. The first-order valence-corrected chi connectivity index (χ1v) is 8.69. The van der Waals surface area contributed by atoms with Crippen molar-refractivity contribution in [2.75, 3.05) is 18.2 Å². The van der Waals surface area contributed by atoms with Crippen molar-refractivity contribution in [1.29, 1.82) is 0 Å². The Hall–Kier alpha value is -2.86. The van der Waals surface area contributed by atoms with E-state index in [0.29, 0.717) is 13.2 Å². The lowest BCUT2D eigenvalue weighted by Crippen LogP contribution is -2.27. The maximum Gasteiger partial charge on any atom is 0.198 e. The first-order chi connectivity index (χ1) is 12.5. The Morgan fingerprint density at radius 1 is 0.962 bits per heavy atom. The van der Waals surface area contributed by atoms with Crippen LogP contribution in [0.1, 0.15) is 58.5 Å². The monoisotopic (exact) mass is 355 g/mol. The second-order valence-electron chi connectivity index (χ2n) is 6.15. The van der Waals surface area contributed by atoms with Gasteiger partial charge < -0.3 is 10.2 Å². The summed E-state index contributed by atoms with van der Waals surface area (Å²) in [5.41, 5.74) is 0.275. The van der Waals surface area contributed by atoms with Gasteiger partial charge in [-0.05, 0) is 12.8 Å². The smallest absolute Gasteiger partial charge is 0.198 e. The van der Waals surface area contributed by atoms with Gasteiger partial charge in [0.25, 0.3) is 0 Å². The molecule has 0 radical (unpaired) electrons. The van der Waals surface area contributed by atoms with Crippen molar-refractivity contribution >= 4 is 17.3 Å². The number of ketones is 2. The number of carbonyl (C=O) groups is 2. The number of rotatable bonds is 6. The summed E-state index contributed by atoms with van der Waals surface area (Å²) < 4.78 is 0. The van der Waals surface area contributed by atoms with Gasteiger partial charge in [-0.1, -0.05) is 38.1 Å². The summed E-state index contributed by atoms with van der Waals surface area (Å²) >= 11 is 0. The van der Waals surface area contributed by atoms with Crippen LogP contribution in [0.5, 0.6) is 11.5 Å². The van der Waals surface area contributed by atoms with Gasteiger partial charge in [0.15, 0.2) is 17.3 Å². The van der Waals surface area contributed by atoms with E-state index in [-0.39, 0.29) is 39.4 Å². The van der Waals surface area contributed by atoms with Gasteiger partial charge >= 0.3 is 0 Å². The summed E-state index contributed by atoms with van der Waals surface area (Å²) in [6, 6.07) is 7.67. The fourth-order valence-electron chi connectivity index (χ4n) is 3.09. The Labute approximate surface area is 151 Å². The molecule has 0 saturated carbocycles. The standard InChI is InChI=1S/C20H21NO5/c1-3-9-21(26-10-4-2)14-11-15(22)16-17(20(14)25)19(24)13-8-6-5-7-12(13)18(16)23/h5-8,11,22,25H,3-4,9-10H2,1-2H3. The molecule has 1 aliphatic carbocycles. The topological polar surface area (TPSA) is 87.1 Å². The van der Waals surface area contributed by atoms with Crippen molar-refractivity contribution < 1.29 is 24.6 Å². The van der Waals surface area contributed by atoms with Gasteiger partial charge in [0, 0.05) is 23.7 Å². The van der Waals surface area contributed by atoms with Gasteiger partial charge in [-0.25, -0.2) is 0 Å². The van der Waals surface area contributed by atoms with Gasteiger partial charge in [-0.2, -0.15) is 0 Å². The Kier molecular flexibility index (Phi) is 4.95. The molecule has 0 aromatic heterocycles. The average Bonchev–Trinajstić information content (AvgIpc) is 2.64. The molecule has 2 N–H and O–H groups in total. The molecule has 0 atom stereocenters. The number of hydrogen-bond donors (Lipinski definition) is 2. The Balaban J connectivity index is 2.18. The first-order valence-electron chi connectivity index (χ1n) is 8.69. The third kappa shape index (κ3) is 2.82. The first kappa shape index (κ1) is 17.9. The molecule has 0 aliphatic heterocycles. The maximum atomic E-state index is 12.9. The number of anilines is 1. The average molecular weight is 355 g/mol. The predicted molar refractivity (Wildman–Crippen MR) is 97.0 cm³/mol. The molecule has 6 nitrogen and oxygen atoms in total. The van der Waals surface area contributed by atoms with E-state index in [4.69, 9.17) is 4.84 Å². The van der Waals surface area contributed by atoms with Crippen LogP contribution in [-0.4, -0.2) is 34.9 Å². The third-order valence-corrected chi connectivity index (χ3v) is 4.28. The van der Waals surface area contributed by atoms with Gasteiger partial charge in [0.05, 0.1) is 17.7 Å². The number of aromatic hydroxyl groups is 2. The second kappa shape index (κ2) is 7.17. The number of benzene rings is 2. The van der Waals surface area contributed by atoms with Crippen LogP contribution in [-0.2, 0) is 4.84 Å². The Morgan fingerprint density at radius 2 is 1.58 bits per heavy atom. The molecule has 0 amide bonds. The van der Waals surface area contributed by atoms with Crippen molar-refractivity contribution in [1.82, 2.24) is 0 Å². The number of fused-ring (bicyclic) bond motifs is 2. The molecule has 136 valence electrons. The molecule has 0 heterocycles. The van der Waals surface area contributed by atoms with Crippen molar-refractivity contribution in [3.8, 4) is 11.5 Å². The van der Waals surface area contributed by atoms with Crippen LogP contribution in [0.2, 0.25) is 0 Å². The third-order valence-electron chi connectivity index (χ3n) is 4.28. The lowest BCUT2D eigenvalue weighted by Gasteiger charge is -2.27. The fourth-order valence-corrected chi connectivity index (χ4v) is 3.09. The minimum atomic E-state index is -0.489. The normalized spacial score (nSPS) is 12.7. The number of phenolic OH excluding ortho intramolecular Hbond substituents is 2. The molecule has 0 bridgehead atoms. The van der Waals surface area contributed by atoms with Crippen molar-refractivity contribution in [2.45, 2.75) is 26.7 Å². The highest BCUT2D eigenvalue weighted by Gasteiger charge is 2.36. The molecule has 0 spiro atoms. The molecule has 26 heavy (non-hydrogen) atoms. The zero-order valence-corrected chi connectivity index (χ0v) is 14.8. The summed E-state index contributed by atoms with van der Waals surface area (Å²) in [5.74, 6) is -1.67. The highest BCUT2D eigenvalue weighted by molar-refractivity contribution is 6.30. The largest absolute Gasteiger partial charge is 0.507 e. The van der Waals surface area contributed by atoms with E-state index >= 15 is 0 Å². The lowest BCUT2D eigenvalue weighted by molar-refractivity contribution is 0.0969. The van der Waals surface area contributed by atoms with Crippen LogP contribution in [0, 0.1) is 0 Å². The Bertz CT molecular complexity index is 875. The maximum absolute atomic E-state index is 12.9. The molecule has 3 rings (SSSR count). The number of hydroxylamine groups is 1. The minimum absolute atomic E-state index is 0.165. The number of carbonyl (C=O) groups excluding carboxylic acids is 2. The minimum Gasteiger partial charge on any atom is -0.507 e. The molecule has 0 unspecified atom stereocenters. The van der Waals surface area contributed by atoms with Crippen molar-refractivity contribution in [3.63, 3.8) is 0 Å². The molecular weight excluding hydrogens is 334 g/mol. The fraction of sp³-hybridized carbons (Fsp3) is 0.300. The van der Waals surface area contributed by atoms with Crippen LogP contribution in [0.3, 0.4) is 0 Å². The van der Waals surface area contributed by atoms with Crippen LogP contribution in [0.15, 0.2) is 30.3 Å². The van der Waals surface area contributed by atoms with E-state index in [1.165, 1.54) is 17.2 Å². The summed E-state index contributed by atoms with van der Waals surface area (Å²) in [5, 5.41) is 22.7. The highest BCUT2D eigenvalue weighted by atomic mass is 16.7. The molecule has 0 saturated heterocycles. The SMILES string of the molecule is CCCON(CCC)c1cc(O)c2c(c1O)C(=O)c1ccccc1C2=O. The number of nitrogens with zero attached hydrogens (tertiary/aromatic N) is 1. The van der Waals surface area contributed by atoms with Crippen LogP contribution in [0.4, 0.5) is 5.69 Å². The molecule has 0 fully saturated rings. The van der Waals surface area contributed by atoms with Gasteiger partial charge in [-0.3, -0.25) is 19.5 Å².